The van der Waals surface area contributed by atoms with Crippen LogP contribution in [0.5, 0.6) is 0 Å². The van der Waals surface area contributed by atoms with E-state index in [9.17, 15) is 4.79 Å². The van der Waals surface area contributed by atoms with Crippen LogP contribution in [-0.4, -0.2) is 41.9 Å². The third-order valence-electron chi connectivity index (χ3n) is 2.95. The van der Waals surface area contributed by atoms with Gasteiger partial charge in [-0.15, -0.1) is 11.8 Å². The quantitative estimate of drug-likeness (QED) is 0.803. The van der Waals surface area contributed by atoms with Crippen molar-refractivity contribution in [3.05, 3.63) is 29.3 Å². The molecule has 2 atom stereocenters. The fourth-order valence-corrected chi connectivity index (χ4v) is 3.08. The molecule has 1 aromatic rings. The highest BCUT2D eigenvalue weighted by Crippen LogP contribution is 2.21. The number of rotatable bonds is 3. The Balaban J connectivity index is 1.85. The molecule has 3 nitrogen and oxygen atoms in total. The highest BCUT2D eigenvalue weighted by molar-refractivity contribution is 8.00. The van der Waals surface area contributed by atoms with E-state index in [0.717, 1.165) is 4.90 Å². The summed E-state index contributed by atoms with van der Waals surface area (Å²) in [5.41, 5.74) is 0. The van der Waals surface area contributed by atoms with Crippen molar-refractivity contribution in [3.63, 3.8) is 0 Å². The zero-order valence-electron chi connectivity index (χ0n) is 11.1. The van der Waals surface area contributed by atoms with E-state index >= 15 is 0 Å². The van der Waals surface area contributed by atoms with E-state index in [2.05, 4.69) is 0 Å². The number of ether oxygens (including phenoxy) is 1. The number of thioether (sulfide) groups is 1. The molecule has 1 fully saturated rings. The van der Waals surface area contributed by atoms with Crippen LogP contribution >= 0.6 is 23.4 Å². The van der Waals surface area contributed by atoms with Crippen molar-refractivity contribution in [3.8, 4) is 0 Å². The van der Waals surface area contributed by atoms with E-state index in [1.807, 2.05) is 43.0 Å². The van der Waals surface area contributed by atoms with Crippen molar-refractivity contribution in [1.82, 2.24) is 4.90 Å². The lowest BCUT2D eigenvalue weighted by atomic mass is 10.2. The zero-order chi connectivity index (χ0) is 13.8. The molecule has 19 heavy (non-hydrogen) atoms. The van der Waals surface area contributed by atoms with Crippen molar-refractivity contribution < 1.29 is 9.53 Å². The van der Waals surface area contributed by atoms with Gasteiger partial charge in [0.2, 0.25) is 5.91 Å². The van der Waals surface area contributed by atoms with Gasteiger partial charge in [0, 0.05) is 23.0 Å². The Morgan fingerprint density at radius 2 is 1.89 bits per heavy atom. The molecule has 0 radical (unpaired) electrons. The average molecular weight is 300 g/mol. The van der Waals surface area contributed by atoms with E-state index in [1.165, 1.54) is 0 Å². The Morgan fingerprint density at radius 3 is 2.47 bits per heavy atom. The number of carbonyl (C=O) groups is 1. The van der Waals surface area contributed by atoms with Gasteiger partial charge < -0.3 is 9.64 Å². The van der Waals surface area contributed by atoms with Gasteiger partial charge in [0.15, 0.2) is 0 Å². The molecule has 0 aromatic heterocycles. The fourth-order valence-electron chi connectivity index (χ4n) is 2.15. The summed E-state index contributed by atoms with van der Waals surface area (Å²) in [6.07, 6.45) is 0.237. The smallest absolute Gasteiger partial charge is 0.233 e. The van der Waals surface area contributed by atoms with E-state index in [0.29, 0.717) is 23.9 Å². The van der Waals surface area contributed by atoms with E-state index in [-0.39, 0.29) is 18.1 Å². The highest BCUT2D eigenvalue weighted by atomic mass is 35.5. The third-order valence-corrected chi connectivity index (χ3v) is 4.20. The Hall–Kier alpha value is -0.710. The summed E-state index contributed by atoms with van der Waals surface area (Å²) in [6, 6.07) is 7.55. The summed E-state index contributed by atoms with van der Waals surface area (Å²) in [4.78, 5) is 15.1. The summed E-state index contributed by atoms with van der Waals surface area (Å²) < 4.78 is 5.63. The standard InChI is InChI=1S/C14H18ClNO2S/c1-10-7-16(8-11(2)18-10)14(17)9-19-13-5-3-12(15)4-6-13/h3-6,10-11H,7-9H2,1-2H3/t10-,11+. The molecular formula is C14H18ClNO2S. The number of nitrogens with zero attached hydrogens (tertiary/aromatic N) is 1. The molecule has 1 aliphatic rings. The molecule has 0 bridgehead atoms. The molecule has 0 spiro atoms. The largest absolute Gasteiger partial charge is 0.372 e. The maximum absolute atomic E-state index is 12.2. The molecule has 1 aliphatic heterocycles. The molecule has 0 N–H and O–H groups in total. The Labute approximate surface area is 123 Å². The number of carbonyl (C=O) groups excluding carboxylic acids is 1. The summed E-state index contributed by atoms with van der Waals surface area (Å²) in [7, 11) is 0. The van der Waals surface area contributed by atoms with Gasteiger partial charge in [-0.2, -0.15) is 0 Å². The average Bonchev–Trinajstić information content (AvgIpc) is 2.36. The van der Waals surface area contributed by atoms with Crippen LogP contribution in [0.25, 0.3) is 0 Å². The van der Waals surface area contributed by atoms with Crippen molar-refractivity contribution in [1.29, 1.82) is 0 Å². The molecule has 5 heteroatoms. The Bertz CT molecular complexity index is 428. The summed E-state index contributed by atoms with van der Waals surface area (Å²) >= 11 is 7.37. The van der Waals surface area contributed by atoms with Gasteiger partial charge in [-0.1, -0.05) is 11.6 Å². The minimum atomic E-state index is 0.119. The van der Waals surface area contributed by atoms with Crippen LogP contribution in [0.1, 0.15) is 13.8 Å². The monoisotopic (exact) mass is 299 g/mol. The van der Waals surface area contributed by atoms with Crippen LogP contribution in [0, 0.1) is 0 Å². The molecule has 1 heterocycles. The number of amides is 1. The van der Waals surface area contributed by atoms with Gasteiger partial charge in [0.25, 0.3) is 0 Å². The van der Waals surface area contributed by atoms with Crippen LogP contribution < -0.4 is 0 Å². The van der Waals surface area contributed by atoms with Crippen molar-refractivity contribution in [2.45, 2.75) is 31.0 Å². The summed E-state index contributed by atoms with van der Waals surface area (Å²) in [6.45, 7) is 5.37. The number of hydrogen-bond acceptors (Lipinski definition) is 3. The number of hydrogen-bond donors (Lipinski definition) is 0. The van der Waals surface area contributed by atoms with Crippen molar-refractivity contribution in [2.24, 2.45) is 0 Å². The fraction of sp³-hybridized carbons (Fsp3) is 0.500. The first-order chi connectivity index (χ1) is 9.04. The van der Waals surface area contributed by atoms with Gasteiger partial charge in [-0.05, 0) is 38.1 Å². The topological polar surface area (TPSA) is 29.5 Å². The van der Waals surface area contributed by atoms with E-state index in [4.69, 9.17) is 16.3 Å². The Kier molecular flexibility index (Phi) is 5.13. The van der Waals surface area contributed by atoms with Crippen LogP contribution in [0.3, 0.4) is 0 Å². The predicted octanol–water partition coefficient (Wildman–Crippen LogP) is 3.07. The van der Waals surface area contributed by atoms with E-state index < -0.39 is 0 Å². The first-order valence-corrected chi connectivity index (χ1v) is 7.72. The van der Waals surface area contributed by atoms with Crippen LogP contribution in [0.15, 0.2) is 29.2 Å². The lowest BCUT2D eigenvalue weighted by molar-refractivity contribution is -0.140. The molecular weight excluding hydrogens is 282 g/mol. The first kappa shape index (κ1) is 14.7. The second-order valence-corrected chi connectivity index (χ2v) is 6.28. The number of benzene rings is 1. The maximum Gasteiger partial charge on any atom is 0.233 e. The first-order valence-electron chi connectivity index (χ1n) is 6.36. The second-order valence-electron chi connectivity index (χ2n) is 4.80. The molecule has 2 rings (SSSR count). The molecule has 0 saturated carbocycles. The van der Waals surface area contributed by atoms with Crippen LogP contribution in [-0.2, 0) is 9.53 Å². The number of halogens is 1. The van der Waals surface area contributed by atoms with Gasteiger partial charge >= 0.3 is 0 Å². The SMILES string of the molecule is C[C@@H]1CN(C(=O)CSc2ccc(Cl)cc2)C[C@H](C)O1. The summed E-state index contributed by atoms with van der Waals surface area (Å²) in [5, 5.41) is 0.714. The molecule has 0 aliphatic carbocycles. The molecule has 1 saturated heterocycles. The highest BCUT2D eigenvalue weighted by Gasteiger charge is 2.25. The van der Waals surface area contributed by atoms with Crippen LogP contribution in [0.4, 0.5) is 0 Å². The zero-order valence-corrected chi connectivity index (χ0v) is 12.7. The van der Waals surface area contributed by atoms with Gasteiger partial charge in [-0.3, -0.25) is 4.79 Å². The minimum Gasteiger partial charge on any atom is -0.372 e. The molecule has 104 valence electrons. The lowest BCUT2D eigenvalue weighted by Crippen LogP contribution is -2.48. The lowest BCUT2D eigenvalue weighted by Gasteiger charge is -2.35. The minimum absolute atomic E-state index is 0.119. The second kappa shape index (κ2) is 6.64. The van der Waals surface area contributed by atoms with Gasteiger partial charge in [-0.25, -0.2) is 0 Å². The third kappa shape index (κ3) is 4.41. The van der Waals surface area contributed by atoms with E-state index in [1.54, 1.807) is 11.8 Å². The van der Waals surface area contributed by atoms with Crippen molar-refractivity contribution >= 4 is 29.3 Å². The van der Waals surface area contributed by atoms with Crippen LogP contribution in [0.2, 0.25) is 5.02 Å². The molecule has 1 aromatic carbocycles. The Morgan fingerprint density at radius 1 is 1.32 bits per heavy atom. The normalized spacial score (nSPS) is 23.4. The molecule has 1 amide bonds. The number of morpholine rings is 1. The van der Waals surface area contributed by atoms with Crippen molar-refractivity contribution in [2.75, 3.05) is 18.8 Å². The van der Waals surface area contributed by atoms with Gasteiger partial charge in [0.05, 0.1) is 18.0 Å². The predicted molar refractivity (Wildman–Crippen MR) is 78.8 cm³/mol. The maximum atomic E-state index is 12.2. The molecule has 0 unspecified atom stereocenters. The van der Waals surface area contributed by atoms with Gasteiger partial charge in [0.1, 0.15) is 0 Å². The summed E-state index contributed by atoms with van der Waals surface area (Å²) in [5.74, 6) is 0.628.